The second kappa shape index (κ2) is 4.99. The van der Waals surface area contributed by atoms with Crippen molar-refractivity contribution in [2.24, 2.45) is 5.73 Å². The number of nitrogens with zero attached hydrogens (tertiary/aromatic N) is 4. The van der Waals surface area contributed by atoms with Gasteiger partial charge in [0.2, 0.25) is 0 Å². The van der Waals surface area contributed by atoms with Gasteiger partial charge in [-0.05, 0) is 19.8 Å². The number of thiazole rings is 1. The third kappa shape index (κ3) is 2.43. The van der Waals surface area contributed by atoms with Crippen molar-refractivity contribution >= 4 is 23.1 Å². The van der Waals surface area contributed by atoms with Crippen LogP contribution in [0.4, 0.5) is 0 Å². The lowest BCUT2D eigenvalue weighted by molar-refractivity contribution is 0.626. The summed E-state index contributed by atoms with van der Waals surface area (Å²) in [6.07, 6.45) is 2.43. The molecule has 2 N–H and O–H groups in total. The van der Waals surface area contributed by atoms with Crippen LogP contribution in [-0.4, -0.2) is 19.7 Å². The third-order valence-corrected chi connectivity index (χ3v) is 4.64. The molecule has 2 heterocycles. The van der Waals surface area contributed by atoms with Crippen LogP contribution in [0.3, 0.4) is 0 Å². The smallest absolute Gasteiger partial charge is 0.191 e. The van der Waals surface area contributed by atoms with E-state index in [1.807, 2.05) is 6.92 Å². The van der Waals surface area contributed by atoms with Crippen molar-refractivity contribution in [3.05, 3.63) is 21.9 Å². The largest absolute Gasteiger partial charge is 0.324 e. The predicted molar refractivity (Wildman–Crippen MR) is 72.6 cm³/mol. The average Bonchev–Trinajstić information content (AvgIpc) is 2.99. The van der Waals surface area contributed by atoms with Crippen LogP contribution < -0.4 is 5.73 Å². The summed E-state index contributed by atoms with van der Waals surface area (Å²) >= 11 is 3.38. The Hall–Kier alpha value is -0.920. The second-order valence-electron chi connectivity index (χ2n) is 4.35. The van der Waals surface area contributed by atoms with Crippen LogP contribution in [-0.2, 0) is 12.3 Å². The highest BCUT2D eigenvalue weighted by Gasteiger charge is 2.29. The average molecular weight is 281 g/mol. The molecule has 1 fully saturated rings. The van der Waals surface area contributed by atoms with Gasteiger partial charge in [-0.25, -0.2) is 4.98 Å². The molecule has 5 nitrogen and oxygen atoms in total. The molecule has 0 bridgehead atoms. The molecule has 2 aromatic heterocycles. The Labute approximate surface area is 114 Å². The summed E-state index contributed by atoms with van der Waals surface area (Å²) in [5.41, 5.74) is 6.81. The van der Waals surface area contributed by atoms with Crippen LogP contribution >= 0.6 is 23.1 Å². The standard InChI is InChI=1S/C11H15N5S2/c1-7-13-8(5-17-7)6-18-11-15-14-10(4-12)16(11)9-2-3-9/h5,9H,2-4,6,12H2,1H3. The minimum absolute atomic E-state index is 0.458. The molecule has 0 spiro atoms. The van der Waals surface area contributed by atoms with Crippen LogP contribution in [0.25, 0.3) is 0 Å². The highest BCUT2D eigenvalue weighted by Crippen LogP contribution is 2.39. The first-order valence-electron chi connectivity index (χ1n) is 5.95. The number of nitrogens with two attached hydrogens (primary N) is 1. The van der Waals surface area contributed by atoms with Crippen LogP contribution in [0.15, 0.2) is 10.5 Å². The van der Waals surface area contributed by atoms with Crippen molar-refractivity contribution in [1.29, 1.82) is 0 Å². The molecule has 0 atom stereocenters. The SMILES string of the molecule is Cc1nc(CSc2nnc(CN)n2C2CC2)cs1. The Kier molecular flexibility index (Phi) is 3.36. The zero-order chi connectivity index (χ0) is 12.5. The molecule has 0 saturated heterocycles. The minimum Gasteiger partial charge on any atom is -0.324 e. The molecule has 1 aliphatic rings. The molecule has 0 radical (unpaired) electrons. The molecular weight excluding hydrogens is 266 g/mol. The third-order valence-electron chi connectivity index (χ3n) is 2.85. The summed E-state index contributed by atoms with van der Waals surface area (Å²) in [5.74, 6) is 1.74. The first-order chi connectivity index (χ1) is 8.78. The van der Waals surface area contributed by atoms with Crippen molar-refractivity contribution in [1.82, 2.24) is 19.7 Å². The summed E-state index contributed by atoms with van der Waals surface area (Å²) in [4.78, 5) is 4.46. The molecule has 0 unspecified atom stereocenters. The quantitative estimate of drug-likeness (QED) is 0.850. The molecule has 0 aromatic carbocycles. The lowest BCUT2D eigenvalue weighted by atomic mass is 10.5. The molecule has 0 aliphatic heterocycles. The van der Waals surface area contributed by atoms with Gasteiger partial charge in [0.1, 0.15) is 5.82 Å². The van der Waals surface area contributed by atoms with Crippen LogP contribution in [0.5, 0.6) is 0 Å². The summed E-state index contributed by atoms with van der Waals surface area (Å²) in [6.45, 7) is 2.48. The molecule has 0 amide bonds. The lowest BCUT2D eigenvalue weighted by Crippen LogP contribution is -2.08. The van der Waals surface area contributed by atoms with Crippen molar-refractivity contribution in [2.75, 3.05) is 0 Å². The van der Waals surface area contributed by atoms with Crippen molar-refractivity contribution in [2.45, 2.75) is 43.3 Å². The van der Waals surface area contributed by atoms with Gasteiger partial charge in [0, 0.05) is 17.2 Å². The van der Waals surface area contributed by atoms with E-state index in [2.05, 4.69) is 25.1 Å². The molecule has 1 saturated carbocycles. The van der Waals surface area contributed by atoms with Gasteiger partial charge in [-0.2, -0.15) is 0 Å². The topological polar surface area (TPSA) is 69.6 Å². The highest BCUT2D eigenvalue weighted by molar-refractivity contribution is 7.98. The van der Waals surface area contributed by atoms with Crippen LogP contribution in [0.2, 0.25) is 0 Å². The fourth-order valence-electron chi connectivity index (χ4n) is 1.86. The van der Waals surface area contributed by atoms with E-state index in [0.717, 1.165) is 27.4 Å². The Morgan fingerprint density at radius 1 is 1.50 bits per heavy atom. The number of hydrogen-bond donors (Lipinski definition) is 1. The second-order valence-corrected chi connectivity index (χ2v) is 6.36. The first-order valence-corrected chi connectivity index (χ1v) is 7.82. The summed E-state index contributed by atoms with van der Waals surface area (Å²) in [5, 5.41) is 12.6. The van der Waals surface area contributed by atoms with Gasteiger partial charge in [0.15, 0.2) is 5.16 Å². The van der Waals surface area contributed by atoms with Crippen molar-refractivity contribution in [3.8, 4) is 0 Å². The number of thioether (sulfide) groups is 1. The van der Waals surface area contributed by atoms with Gasteiger partial charge >= 0.3 is 0 Å². The van der Waals surface area contributed by atoms with E-state index in [0.29, 0.717) is 12.6 Å². The van der Waals surface area contributed by atoms with E-state index in [4.69, 9.17) is 5.73 Å². The van der Waals surface area contributed by atoms with Crippen LogP contribution in [0.1, 0.15) is 35.4 Å². The van der Waals surface area contributed by atoms with E-state index in [9.17, 15) is 0 Å². The Balaban J connectivity index is 1.74. The van der Waals surface area contributed by atoms with Crippen molar-refractivity contribution in [3.63, 3.8) is 0 Å². The number of rotatable bonds is 5. The predicted octanol–water partition coefficient (Wildman–Crippen LogP) is 2.13. The molecule has 7 heteroatoms. The summed E-state index contributed by atoms with van der Waals surface area (Å²) < 4.78 is 2.20. The van der Waals surface area contributed by atoms with E-state index in [1.165, 1.54) is 12.8 Å². The van der Waals surface area contributed by atoms with E-state index < -0.39 is 0 Å². The molecule has 18 heavy (non-hydrogen) atoms. The van der Waals surface area contributed by atoms with Crippen molar-refractivity contribution < 1.29 is 0 Å². The zero-order valence-corrected chi connectivity index (χ0v) is 11.8. The molecule has 3 rings (SSSR count). The van der Waals surface area contributed by atoms with E-state index >= 15 is 0 Å². The number of aromatic nitrogens is 4. The maximum atomic E-state index is 5.70. The van der Waals surface area contributed by atoms with Crippen LogP contribution in [0, 0.1) is 6.92 Å². The Morgan fingerprint density at radius 3 is 2.94 bits per heavy atom. The van der Waals surface area contributed by atoms with E-state index in [-0.39, 0.29) is 0 Å². The molecule has 1 aliphatic carbocycles. The lowest BCUT2D eigenvalue weighted by Gasteiger charge is -2.06. The van der Waals surface area contributed by atoms with E-state index in [1.54, 1.807) is 23.1 Å². The summed E-state index contributed by atoms with van der Waals surface area (Å²) in [6, 6.07) is 0.568. The Morgan fingerprint density at radius 2 is 2.33 bits per heavy atom. The molecule has 96 valence electrons. The van der Waals surface area contributed by atoms with Gasteiger partial charge in [-0.1, -0.05) is 11.8 Å². The van der Waals surface area contributed by atoms with Gasteiger partial charge < -0.3 is 10.3 Å². The first kappa shape index (κ1) is 12.1. The maximum Gasteiger partial charge on any atom is 0.191 e. The normalized spacial score (nSPS) is 15.2. The molecule has 2 aromatic rings. The monoisotopic (exact) mass is 281 g/mol. The zero-order valence-electron chi connectivity index (χ0n) is 10.2. The highest BCUT2D eigenvalue weighted by atomic mass is 32.2. The van der Waals surface area contributed by atoms with Gasteiger partial charge in [0.05, 0.1) is 17.2 Å². The Bertz CT molecular complexity index is 543. The summed E-state index contributed by atoms with van der Waals surface area (Å²) in [7, 11) is 0. The van der Waals surface area contributed by atoms with Gasteiger partial charge in [-0.3, -0.25) is 0 Å². The maximum absolute atomic E-state index is 5.70. The number of aryl methyl sites for hydroxylation is 1. The van der Waals surface area contributed by atoms with Gasteiger partial charge in [0.25, 0.3) is 0 Å². The fraction of sp³-hybridized carbons (Fsp3) is 0.545. The molecular formula is C11H15N5S2. The number of hydrogen-bond acceptors (Lipinski definition) is 6. The minimum atomic E-state index is 0.458. The van der Waals surface area contributed by atoms with Gasteiger partial charge in [-0.15, -0.1) is 21.5 Å². The fourth-order valence-corrected chi connectivity index (χ4v) is 3.49.